The molecule has 0 fully saturated rings. The fourth-order valence-corrected chi connectivity index (χ4v) is 2.61. The number of H-pyrrole nitrogens is 1. The van der Waals surface area contributed by atoms with E-state index in [0.29, 0.717) is 31.7 Å². The van der Waals surface area contributed by atoms with Crippen LogP contribution in [-0.4, -0.2) is 45.4 Å². The number of methoxy groups -OCH3 is 1. The van der Waals surface area contributed by atoms with Crippen LogP contribution >= 0.6 is 0 Å². The molecule has 0 aliphatic heterocycles. The first-order valence-corrected chi connectivity index (χ1v) is 7.31. The van der Waals surface area contributed by atoms with Gasteiger partial charge in [0, 0.05) is 32.4 Å². The maximum absolute atomic E-state index is 12.0. The maximum atomic E-state index is 12.0. The van der Waals surface area contributed by atoms with Gasteiger partial charge in [0.05, 0.1) is 6.20 Å². The lowest BCUT2D eigenvalue weighted by molar-refractivity contribution is 0.196. The Bertz CT molecular complexity index is 444. The molecule has 18 heavy (non-hydrogen) atoms. The molecule has 7 nitrogen and oxygen atoms in total. The topological polar surface area (TPSA) is 96.1 Å². The quantitative estimate of drug-likeness (QED) is 0.544. The largest absolute Gasteiger partial charge is 0.385 e. The minimum absolute atomic E-state index is 0.126. The fraction of sp³-hybridized carbons (Fsp3) is 0.700. The van der Waals surface area contributed by atoms with E-state index in [9.17, 15) is 8.42 Å². The molecule has 3 N–H and O–H groups in total. The highest BCUT2D eigenvalue weighted by molar-refractivity contribution is 7.89. The average molecular weight is 276 g/mol. The predicted molar refractivity (Wildman–Crippen MR) is 67.6 cm³/mol. The molecule has 1 heterocycles. The number of rotatable bonds is 9. The normalized spacial score (nSPS) is 11.9. The minimum Gasteiger partial charge on any atom is -0.385 e. The highest BCUT2D eigenvalue weighted by Gasteiger charge is 2.19. The smallest absolute Gasteiger partial charge is 0.257 e. The van der Waals surface area contributed by atoms with Crippen LogP contribution in [0.15, 0.2) is 11.2 Å². The molecule has 0 amide bonds. The summed E-state index contributed by atoms with van der Waals surface area (Å²) >= 11 is 0. The summed E-state index contributed by atoms with van der Waals surface area (Å²) in [6.45, 7) is 4.07. The van der Waals surface area contributed by atoms with Gasteiger partial charge in [-0.1, -0.05) is 6.92 Å². The molecule has 0 atom stereocenters. The van der Waals surface area contributed by atoms with Crippen LogP contribution in [0.3, 0.4) is 0 Å². The van der Waals surface area contributed by atoms with E-state index >= 15 is 0 Å². The molecule has 1 aromatic rings. The maximum Gasteiger partial charge on any atom is 0.257 e. The van der Waals surface area contributed by atoms with Crippen LogP contribution < -0.4 is 10.0 Å². The van der Waals surface area contributed by atoms with E-state index in [1.165, 1.54) is 6.20 Å². The van der Waals surface area contributed by atoms with Crippen LogP contribution in [0.1, 0.15) is 18.9 Å². The number of nitrogens with zero attached hydrogens (tertiary/aromatic N) is 1. The predicted octanol–water partition coefficient (Wildman–Crippen LogP) is -0.166. The molecule has 0 bridgehead atoms. The summed E-state index contributed by atoms with van der Waals surface area (Å²) in [5.74, 6) is 0. The van der Waals surface area contributed by atoms with Crippen molar-refractivity contribution >= 4 is 10.0 Å². The van der Waals surface area contributed by atoms with Gasteiger partial charge in [0.2, 0.25) is 0 Å². The molecule has 1 rings (SSSR count). The lowest BCUT2D eigenvalue weighted by Gasteiger charge is -2.07. The van der Waals surface area contributed by atoms with Crippen molar-refractivity contribution < 1.29 is 13.2 Å². The highest BCUT2D eigenvalue weighted by atomic mass is 32.2. The van der Waals surface area contributed by atoms with Crippen molar-refractivity contribution in [3.05, 3.63) is 11.8 Å². The summed E-state index contributed by atoms with van der Waals surface area (Å²) in [4.78, 5) is 0. The lowest BCUT2D eigenvalue weighted by atomic mass is 10.3. The van der Waals surface area contributed by atoms with Gasteiger partial charge in [0.25, 0.3) is 10.0 Å². The number of aromatic amines is 1. The zero-order valence-corrected chi connectivity index (χ0v) is 11.5. The van der Waals surface area contributed by atoms with Crippen LogP contribution in [-0.2, 0) is 21.3 Å². The summed E-state index contributed by atoms with van der Waals surface area (Å²) in [6, 6.07) is 0. The van der Waals surface area contributed by atoms with Gasteiger partial charge in [-0.15, -0.1) is 0 Å². The Balaban J connectivity index is 2.63. The van der Waals surface area contributed by atoms with Gasteiger partial charge in [-0.25, -0.2) is 13.1 Å². The molecule has 8 heteroatoms. The Morgan fingerprint density at radius 2 is 2.28 bits per heavy atom. The van der Waals surface area contributed by atoms with Gasteiger partial charge >= 0.3 is 0 Å². The number of ether oxygens (including phenoxy) is 1. The first-order valence-electron chi connectivity index (χ1n) is 5.83. The number of sulfonamides is 1. The van der Waals surface area contributed by atoms with Gasteiger partial charge < -0.3 is 10.1 Å². The van der Waals surface area contributed by atoms with Crippen molar-refractivity contribution in [2.45, 2.75) is 24.9 Å². The second kappa shape index (κ2) is 7.47. The third-order valence-corrected chi connectivity index (χ3v) is 3.80. The second-order valence-corrected chi connectivity index (χ2v) is 5.45. The average Bonchev–Trinajstić information content (AvgIpc) is 2.81. The van der Waals surface area contributed by atoms with Gasteiger partial charge in [0.15, 0.2) is 5.03 Å². The summed E-state index contributed by atoms with van der Waals surface area (Å²) < 4.78 is 31.3. The summed E-state index contributed by atoms with van der Waals surface area (Å²) in [7, 11) is -1.94. The minimum atomic E-state index is -3.52. The Labute approximate surface area is 107 Å². The molecule has 0 unspecified atom stereocenters. The first-order chi connectivity index (χ1) is 8.61. The van der Waals surface area contributed by atoms with Gasteiger partial charge in [-0.3, -0.25) is 5.10 Å². The van der Waals surface area contributed by atoms with Crippen LogP contribution in [0, 0.1) is 0 Å². The molecular formula is C10H20N4O3S. The van der Waals surface area contributed by atoms with E-state index in [4.69, 9.17) is 4.74 Å². The Morgan fingerprint density at radius 3 is 2.94 bits per heavy atom. The highest BCUT2D eigenvalue weighted by Crippen LogP contribution is 2.11. The van der Waals surface area contributed by atoms with Gasteiger partial charge in [-0.05, 0) is 13.0 Å². The van der Waals surface area contributed by atoms with Gasteiger partial charge in [0.1, 0.15) is 0 Å². The van der Waals surface area contributed by atoms with Crippen molar-refractivity contribution in [2.24, 2.45) is 0 Å². The van der Waals surface area contributed by atoms with E-state index in [-0.39, 0.29) is 5.03 Å². The summed E-state index contributed by atoms with van der Waals surface area (Å²) in [5, 5.41) is 9.49. The second-order valence-electron chi connectivity index (χ2n) is 3.75. The van der Waals surface area contributed by atoms with Crippen molar-refractivity contribution in [3.8, 4) is 0 Å². The zero-order valence-electron chi connectivity index (χ0n) is 10.7. The lowest BCUT2D eigenvalue weighted by Crippen LogP contribution is -2.27. The Kier molecular flexibility index (Phi) is 6.27. The van der Waals surface area contributed by atoms with E-state index in [2.05, 4.69) is 20.2 Å². The number of hydrogen-bond donors (Lipinski definition) is 3. The summed E-state index contributed by atoms with van der Waals surface area (Å²) in [6.07, 6.45) is 2.15. The summed E-state index contributed by atoms with van der Waals surface area (Å²) in [5.41, 5.74) is 0.635. The van der Waals surface area contributed by atoms with Crippen LogP contribution in [0.5, 0.6) is 0 Å². The molecule has 104 valence electrons. The molecule has 1 aromatic heterocycles. The standard InChI is InChI=1S/C10H20N4O3S/c1-3-11-7-9-8-12-14-10(9)18(15,16)13-5-4-6-17-2/h8,11,13H,3-7H2,1-2H3,(H,12,14). The fourth-order valence-electron chi connectivity index (χ4n) is 1.41. The van der Waals surface area contributed by atoms with Crippen LogP contribution in [0.2, 0.25) is 0 Å². The SMILES string of the molecule is CCNCc1cn[nH]c1S(=O)(=O)NCCCOC. The molecule has 0 saturated carbocycles. The van der Waals surface area contributed by atoms with E-state index in [1.54, 1.807) is 7.11 Å². The Morgan fingerprint density at radius 1 is 1.50 bits per heavy atom. The van der Waals surface area contributed by atoms with Crippen molar-refractivity contribution in [1.29, 1.82) is 0 Å². The zero-order chi connectivity index (χ0) is 13.4. The third-order valence-electron chi connectivity index (χ3n) is 2.33. The number of aromatic nitrogens is 2. The van der Waals surface area contributed by atoms with E-state index < -0.39 is 10.0 Å². The molecule has 0 spiro atoms. The molecule has 0 saturated heterocycles. The van der Waals surface area contributed by atoms with Gasteiger partial charge in [-0.2, -0.15) is 5.10 Å². The molecule has 0 radical (unpaired) electrons. The number of nitrogens with one attached hydrogen (secondary N) is 3. The van der Waals surface area contributed by atoms with Crippen LogP contribution in [0.4, 0.5) is 0 Å². The monoisotopic (exact) mass is 276 g/mol. The molecule has 0 aromatic carbocycles. The number of hydrogen-bond acceptors (Lipinski definition) is 5. The molecule has 0 aliphatic rings. The molecular weight excluding hydrogens is 256 g/mol. The van der Waals surface area contributed by atoms with E-state index in [1.807, 2.05) is 6.92 Å². The Hall–Kier alpha value is -0.960. The third kappa shape index (κ3) is 4.37. The van der Waals surface area contributed by atoms with Crippen molar-refractivity contribution in [2.75, 3.05) is 26.8 Å². The van der Waals surface area contributed by atoms with E-state index in [0.717, 1.165) is 6.54 Å². The first kappa shape index (κ1) is 15.1. The van der Waals surface area contributed by atoms with Crippen molar-refractivity contribution in [1.82, 2.24) is 20.2 Å². The van der Waals surface area contributed by atoms with Crippen LogP contribution in [0.25, 0.3) is 0 Å². The molecule has 0 aliphatic carbocycles. The van der Waals surface area contributed by atoms with Crippen molar-refractivity contribution in [3.63, 3.8) is 0 Å².